The number of amides is 2. The summed E-state index contributed by atoms with van der Waals surface area (Å²) in [5.74, 6) is -0.899. The lowest BCUT2D eigenvalue weighted by atomic mass is 9.74. The number of carboxylic acids is 1. The molecule has 2 amide bonds. The number of nitrogens with zero attached hydrogens (tertiary/aromatic N) is 1. The molecule has 1 saturated carbocycles. The van der Waals surface area contributed by atoms with Gasteiger partial charge in [0.15, 0.2) is 0 Å². The Bertz CT molecular complexity index is 1110. The summed E-state index contributed by atoms with van der Waals surface area (Å²) in [5, 5.41) is 12.4. The van der Waals surface area contributed by atoms with Crippen LogP contribution in [0.4, 0.5) is 4.79 Å². The van der Waals surface area contributed by atoms with Crippen molar-refractivity contribution in [2.75, 3.05) is 13.2 Å². The lowest BCUT2D eigenvalue weighted by Gasteiger charge is -2.51. The van der Waals surface area contributed by atoms with E-state index in [4.69, 9.17) is 4.74 Å². The van der Waals surface area contributed by atoms with E-state index in [1.165, 1.54) is 27.2 Å². The number of aliphatic carboxylic acids is 1. The van der Waals surface area contributed by atoms with Gasteiger partial charge in [-0.2, -0.15) is 0 Å². The molecule has 0 radical (unpaired) electrons. The van der Waals surface area contributed by atoms with Crippen molar-refractivity contribution in [1.82, 2.24) is 10.2 Å². The maximum Gasteiger partial charge on any atom is 0.407 e. The van der Waals surface area contributed by atoms with Crippen LogP contribution in [-0.2, 0) is 14.3 Å². The van der Waals surface area contributed by atoms with E-state index in [1.54, 1.807) is 0 Å². The van der Waals surface area contributed by atoms with E-state index < -0.39 is 23.5 Å². The zero-order valence-electron chi connectivity index (χ0n) is 20.2. The molecule has 0 spiro atoms. The average Bonchev–Trinajstić information content (AvgIpc) is 3.37. The van der Waals surface area contributed by atoms with Crippen molar-refractivity contribution >= 4 is 18.0 Å². The predicted molar refractivity (Wildman–Crippen MR) is 131 cm³/mol. The van der Waals surface area contributed by atoms with Crippen molar-refractivity contribution in [1.29, 1.82) is 0 Å². The Labute approximate surface area is 205 Å². The molecule has 35 heavy (non-hydrogen) atoms. The number of hydrogen-bond donors (Lipinski definition) is 2. The minimum absolute atomic E-state index is 0.0186. The first-order valence-electron chi connectivity index (χ1n) is 12.4. The van der Waals surface area contributed by atoms with Gasteiger partial charge in [-0.05, 0) is 47.4 Å². The van der Waals surface area contributed by atoms with Gasteiger partial charge in [-0.15, -0.1) is 0 Å². The Balaban J connectivity index is 1.11. The molecule has 5 rings (SSSR count). The second kappa shape index (κ2) is 9.02. The number of nitrogens with one attached hydrogen (secondary N) is 1. The fourth-order valence-electron chi connectivity index (χ4n) is 6.19. The van der Waals surface area contributed by atoms with Gasteiger partial charge >= 0.3 is 12.1 Å². The smallest absolute Gasteiger partial charge is 0.407 e. The second-order valence-corrected chi connectivity index (χ2v) is 10.8. The van der Waals surface area contributed by atoms with Crippen LogP contribution in [0.25, 0.3) is 11.1 Å². The number of carboxylic acid groups (broad SMARTS) is 1. The fourth-order valence-corrected chi connectivity index (χ4v) is 6.19. The van der Waals surface area contributed by atoms with Crippen LogP contribution in [-0.4, -0.2) is 53.2 Å². The minimum Gasteiger partial charge on any atom is -0.480 e. The number of benzene rings is 2. The summed E-state index contributed by atoms with van der Waals surface area (Å²) in [6.07, 6.45) is 2.21. The average molecular weight is 477 g/mol. The molecule has 2 aromatic rings. The standard InChI is InChI=1S/C28H32N2O5/c1-28(2)16-30(25(28)26(32)33)24(31)14-17-11-12-18(13-17)29-27(34)35-15-23-21-9-5-3-7-19(21)20-8-4-6-10-22(20)23/h3-10,17-18,23,25H,11-16H2,1-2H3,(H,29,34)(H,32,33). The van der Waals surface area contributed by atoms with Gasteiger partial charge in [0, 0.05) is 30.3 Å². The van der Waals surface area contributed by atoms with E-state index in [2.05, 4.69) is 29.6 Å². The van der Waals surface area contributed by atoms with Crippen LogP contribution in [0.3, 0.4) is 0 Å². The molecule has 184 valence electrons. The first-order valence-corrected chi connectivity index (χ1v) is 12.4. The lowest BCUT2D eigenvalue weighted by Crippen LogP contribution is -2.67. The number of rotatable bonds is 6. The van der Waals surface area contributed by atoms with E-state index in [0.29, 0.717) is 19.4 Å². The third kappa shape index (κ3) is 4.40. The van der Waals surface area contributed by atoms with Gasteiger partial charge in [-0.1, -0.05) is 62.4 Å². The SMILES string of the molecule is CC1(C)CN(C(=O)CC2CCC(NC(=O)OCC3c4ccccc4-c4ccccc43)C2)C1C(=O)O. The largest absolute Gasteiger partial charge is 0.480 e. The highest BCUT2D eigenvalue weighted by molar-refractivity contribution is 5.86. The first kappa shape index (κ1) is 23.4. The zero-order chi connectivity index (χ0) is 24.7. The topological polar surface area (TPSA) is 95.9 Å². The number of hydrogen-bond acceptors (Lipinski definition) is 4. The van der Waals surface area contributed by atoms with Crippen LogP contribution >= 0.6 is 0 Å². The highest BCUT2D eigenvalue weighted by Gasteiger charge is 2.52. The Hall–Kier alpha value is -3.35. The molecule has 0 aromatic heterocycles. The lowest BCUT2D eigenvalue weighted by molar-refractivity contribution is -0.172. The highest BCUT2D eigenvalue weighted by atomic mass is 16.5. The van der Waals surface area contributed by atoms with Crippen molar-refractivity contribution in [3.8, 4) is 11.1 Å². The van der Waals surface area contributed by atoms with Crippen LogP contribution in [0.1, 0.15) is 56.6 Å². The van der Waals surface area contributed by atoms with Crippen LogP contribution in [0.2, 0.25) is 0 Å². The number of likely N-dealkylation sites (tertiary alicyclic amines) is 1. The monoisotopic (exact) mass is 476 g/mol. The van der Waals surface area contributed by atoms with Crippen molar-refractivity contribution in [3.63, 3.8) is 0 Å². The molecule has 3 unspecified atom stereocenters. The predicted octanol–water partition coefficient (Wildman–Crippen LogP) is 4.41. The molecule has 1 saturated heterocycles. The van der Waals surface area contributed by atoms with Crippen LogP contribution < -0.4 is 5.32 Å². The van der Waals surface area contributed by atoms with Gasteiger partial charge in [-0.3, -0.25) is 4.79 Å². The van der Waals surface area contributed by atoms with Gasteiger partial charge in [0.05, 0.1) is 0 Å². The summed E-state index contributed by atoms with van der Waals surface area (Å²) < 4.78 is 5.66. The highest BCUT2D eigenvalue weighted by Crippen LogP contribution is 2.44. The number of alkyl carbamates (subject to hydrolysis) is 1. The number of ether oxygens (including phenoxy) is 1. The summed E-state index contributed by atoms with van der Waals surface area (Å²) in [6.45, 7) is 4.49. The molecule has 7 nitrogen and oxygen atoms in total. The van der Waals surface area contributed by atoms with Crippen LogP contribution in [0.15, 0.2) is 48.5 Å². The van der Waals surface area contributed by atoms with Gasteiger partial charge < -0.3 is 20.1 Å². The van der Waals surface area contributed by atoms with Crippen LogP contribution in [0, 0.1) is 11.3 Å². The summed E-state index contributed by atoms with van der Waals surface area (Å²) >= 11 is 0. The van der Waals surface area contributed by atoms with E-state index in [-0.39, 0.29) is 30.4 Å². The van der Waals surface area contributed by atoms with E-state index in [0.717, 1.165) is 12.8 Å². The van der Waals surface area contributed by atoms with E-state index >= 15 is 0 Å². The first-order chi connectivity index (χ1) is 16.7. The normalized spacial score (nSPS) is 24.3. The molecular formula is C28H32N2O5. The Morgan fingerprint density at radius 3 is 2.26 bits per heavy atom. The second-order valence-electron chi connectivity index (χ2n) is 10.8. The van der Waals surface area contributed by atoms with Crippen molar-refractivity contribution in [2.24, 2.45) is 11.3 Å². The molecule has 3 atom stereocenters. The molecule has 2 aliphatic carbocycles. The molecule has 2 fully saturated rings. The van der Waals surface area contributed by atoms with Crippen LogP contribution in [0.5, 0.6) is 0 Å². The maximum absolute atomic E-state index is 12.7. The van der Waals surface area contributed by atoms with Gasteiger partial charge in [0.1, 0.15) is 12.6 Å². The van der Waals surface area contributed by atoms with Crippen molar-refractivity contribution < 1.29 is 24.2 Å². The maximum atomic E-state index is 12.7. The fraction of sp³-hybridized carbons (Fsp3) is 0.464. The zero-order valence-corrected chi connectivity index (χ0v) is 20.2. The number of fused-ring (bicyclic) bond motifs is 3. The Morgan fingerprint density at radius 2 is 1.66 bits per heavy atom. The van der Waals surface area contributed by atoms with Gasteiger partial charge in [-0.25, -0.2) is 9.59 Å². The summed E-state index contributed by atoms with van der Waals surface area (Å²) in [4.78, 5) is 38.3. The summed E-state index contributed by atoms with van der Waals surface area (Å²) in [7, 11) is 0. The molecule has 2 N–H and O–H groups in total. The van der Waals surface area contributed by atoms with E-state index in [1.807, 2.05) is 38.1 Å². The number of carbonyl (C=O) groups is 3. The van der Waals surface area contributed by atoms with Gasteiger partial charge in [0.25, 0.3) is 0 Å². The molecule has 7 heteroatoms. The quantitative estimate of drug-likeness (QED) is 0.644. The van der Waals surface area contributed by atoms with Crippen molar-refractivity contribution in [3.05, 3.63) is 59.7 Å². The Kier molecular flexibility index (Phi) is 6.03. The Morgan fingerprint density at radius 1 is 1.03 bits per heavy atom. The van der Waals surface area contributed by atoms with Crippen molar-refractivity contribution in [2.45, 2.75) is 57.5 Å². The van der Waals surface area contributed by atoms with Gasteiger partial charge in [0.2, 0.25) is 5.91 Å². The molecular weight excluding hydrogens is 444 g/mol. The molecule has 1 aliphatic heterocycles. The third-order valence-corrected chi connectivity index (χ3v) is 7.85. The summed E-state index contributed by atoms with van der Waals surface area (Å²) in [6, 6.07) is 15.7. The third-order valence-electron chi connectivity index (χ3n) is 7.85. The molecule has 3 aliphatic rings. The molecule has 0 bridgehead atoms. The van der Waals surface area contributed by atoms with E-state index in [9.17, 15) is 19.5 Å². The molecule has 2 aromatic carbocycles. The number of carbonyl (C=O) groups excluding carboxylic acids is 2. The summed E-state index contributed by atoms with van der Waals surface area (Å²) in [5.41, 5.74) is 4.34. The minimum atomic E-state index is -0.948. The molecule has 1 heterocycles.